The van der Waals surface area contributed by atoms with Gasteiger partial charge in [-0.05, 0) is 23.8 Å². The minimum absolute atomic E-state index is 0.421. The summed E-state index contributed by atoms with van der Waals surface area (Å²) in [6.07, 6.45) is 8.93. The maximum absolute atomic E-state index is 9.43. The molecule has 0 saturated heterocycles. The fourth-order valence-corrected chi connectivity index (χ4v) is 2.69. The number of nitriles is 1. The lowest BCUT2D eigenvalue weighted by molar-refractivity contribution is 0.917. The molecule has 1 aromatic rings. The lowest BCUT2D eigenvalue weighted by Crippen LogP contribution is -2.24. The fourth-order valence-electron chi connectivity index (χ4n) is 1.93. The average molecular weight is 227 g/mol. The van der Waals surface area contributed by atoms with E-state index in [-0.39, 0.29) is 0 Å². The number of benzene rings is 1. The second kappa shape index (κ2) is 4.59. The third kappa shape index (κ3) is 1.79. The molecule has 0 aromatic heterocycles. The highest BCUT2D eigenvalue weighted by Gasteiger charge is 2.34. The molecule has 2 heteroatoms. The average Bonchev–Trinajstić information content (AvgIpc) is 2.39. The summed E-state index contributed by atoms with van der Waals surface area (Å²) in [5, 5.41) is 9.43. The highest BCUT2D eigenvalue weighted by atomic mass is 32.2. The van der Waals surface area contributed by atoms with Gasteiger partial charge in [0.05, 0.1) is 6.07 Å². The normalized spacial score (nSPS) is 23.6. The largest absolute Gasteiger partial charge is 0.196 e. The molecule has 0 amide bonds. The zero-order valence-corrected chi connectivity index (χ0v) is 10.00. The summed E-state index contributed by atoms with van der Waals surface area (Å²) in [5.74, 6) is 0. The summed E-state index contributed by atoms with van der Waals surface area (Å²) in [4.78, 5) is 0. The van der Waals surface area contributed by atoms with Crippen LogP contribution in [0.25, 0.3) is 5.57 Å². The van der Waals surface area contributed by atoms with E-state index in [1.54, 1.807) is 11.8 Å². The molecule has 0 heterocycles. The smallest absolute Gasteiger partial charge is 0.131 e. The Morgan fingerprint density at radius 3 is 2.69 bits per heavy atom. The standard InChI is InChI=1S/C14H13NS/c1-16-14(11-15)10-6-5-9-13(14)12-7-3-2-4-8-12/h2-9H,10H2,1H3. The molecular weight excluding hydrogens is 214 g/mol. The third-order valence-electron chi connectivity index (χ3n) is 2.85. The topological polar surface area (TPSA) is 23.8 Å². The Morgan fingerprint density at radius 1 is 1.31 bits per heavy atom. The summed E-state index contributed by atoms with van der Waals surface area (Å²) >= 11 is 1.62. The second-order valence-corrected chi connectivity index (χ2v) is 4.83. The summed E-state index contributed by atoms with van der Waals surface area (Å²) in [6.45, 7) is 0. The zero-order valence-electron chi connectivity index (χ0n) is 9.18. The zero-order chi connectivity index (χ0) is 11.4. The Kier molecular flexibility index (Phi) is 3.17. The first-order valence-corrected chi connectivity index (χ1v) is 6.44. The number of allylic oxidation sites excluding steroid dienone is 3. The Balaban J connectivity index is 2.50. The summed E-state index contributed by atoms with van der Waals surface area (Å²) in [7, 11) is 0. The van der Waals surface area contributed by atoms with Gasteiger partial charge in [0.2, 0.25) is 0 Å². The van der Waals surface area contributed by atoms with Crippen LogP contribution in [-0.2, 0) is 0 Å². The highest BCUT2D eigenvalue weighted by Crippen LogP contribution is 2.42. The number of nitrogens with zero attached hydrogens (tertiary/aromatic N) is 1. The van der Waals surface area contributed by atoms with E-state index in [0.29, 0.717) is 0 Å². The SMILES string of the molecule is CSC1(C#N)CC=CC=C1c1ccccc1. The molecule has 1 nitrogen and oxygen atoms in total. The van der Waals surface area contributed by atoms with E-state index in [1.807, 2.05) is 30.5 Å². The van der Waals surface area contributed by atoms with Crippen LogP contribution in [0.5, 0.6) is 0 Å². The molecular formula is C14H13NS. The van der Waals surface area contributed by atoms with E-state index in [2.05, 4.69) is 30.4 Å². The van der Waals surface area contributed by atoms with Crippen molar-refractivity contribution < 1.29 is 0 Å². The van der Waals surface area contributed by atoms with E-state index in [9.17, 15) is 5.26 Å². The van der Waals surface area contributed by atoms with Crippen LogP contribution < -0.4 is 0 Å². The molecule has 0 radical (unpaired) electrons. The lowest BCUT2D eigenvalue weighted by Gasteiger charge is -2.28. The molecule has 80 valence electrons. The van der Waals surface area contributed by atoms with Crippen molar-refractivity contribution in [3.8, 4) is 6.07 Å². The van der Waals surface area contributed by atoms with Gasteiger partial charge in [-0.15, -0.1) is 11.8 Å². The molecule has 2 rings (SSSR count). The Labute approximate surface area is 100 Å². The van der Waals surface area contributed by atoms with Gasteiger partial charge in [-0.3, -0.25) is 0 Å². The first-order valence-electron chi connectivity index (χ1n) is 5.21. The van der Waals surface area contributed by atoms with Gasteiger partial charge in [0.25, 0.3) is 0 Å². The number of thioether (sulfide) groups is 1. The first kappa shape index (κ1) is 11.0. The number of hydrogen-bond donors (Lipinski definition) is 0. The molecule has 1 aliphatic carbocycles. The Bertz CT molecular complexity index is 467. The van der Waals surface area contributed by atoms with Crippen LogP contribution in [0.15, 0.2) is 48.6 Å². The van der Waals surface area contributed by atoms with E-state index in [4.69, 9.17) is 0 Å². The van der Waals surface area contributed by atoms with Gasteiger partial charge in [-0.2, -0.15) is 5.26 Å². The Morgan fingerprint density at radius 2 is 2.06 bits per heavy atom. The summed E-state index contributed by atoms with van der Waals surface area (Å²) in [6, 6.07) is 12.6. The van der Waals surface area contributed by atoms with Crippen LogP contribution in [0.1, 0.15) is 12.0 Å². The lowest BCUT2D eigenvalue weighted by atomic mass is 9.87. The van der Waals surface area contributed by atoms with E-state index in [0.717, 1.165) is 17.6 Å². The molecule has 0 fully saturated rings. The molecule has 0 aliphatic heterocycles. The third-order valence-corrected chi connectivity index (χ3v) is 4.03. The van der Waals surface area contributed by atoms with Gasteiger partial charge in [0, 0.05) is 0 Å². The molecule has 1 aromatic carbocycles. The van der Waals surface area contributed by atoms with Crippen molar-refractivity contribution in [2.24, 2.45) is 0 Å². The van der Waals surface area contributed by atoms with Crippen LogP contribution in [0.2, 0.25) is 0 Å². The van der Waals surface area contributed by atoms with Gasteiger partial charge < -0.3 is 0 Å². The molecule has 1 atom stereocenters. The monoisotopic (exact) mass is 227 g/mol. The summed E-state index contributed by atoms with van der Waals surface area (Å²) < 4.78 is -0.421. The fraction of sp³-hybridized carbons (Fsp3) is 0.214. The van der Waals surface area contributed by atoms with E-state index < -0.39 is 4.75 Å². The van der Waals surface area contributed by atoms with Gasteiger partial charge in [-0.25, -0.2) is 0 Å². The van der Waals surface area contributed by atoms with Crippen LogP contribution in [0.3, 0.4) is 0 Å². The molecule has 1 aliphatic rings. The van der Waals surface area contributed by atoms with Crippen molar-refractivity contribution in [2.45, 2.75) is 11.2 Å². The predicted molar refractivity (Wildman–Crippen MR) is 70.0 cm³/mol. The molecule has 0 saturated carbocycles. The number of hydrogen-bond acceptors (Lipinski definition) is 2. The van der Waals surface area contributed by atoms with E-state index in [1.165, 1.54) is 0 Å². The molecule has 0 N–H and O–H groups in total. The maximum Gasteiger partial charge on any atom is 0.131 e. The number of rotatable bonds is 2. The molecule has 0 bridgehead atoms. The maximum atomic E-state index is 9.43. The van der Waals surface area contributed by atoms with Crippen LogP contribution >= 0.6 is 11.8 Å². The van der Waals surface area contributed by atoms with Crippen molar-refractivity contribution in [2.75, 3.05) is 6.26 Å². The quantitative estimate of drug-likeness (QED) is 0.770. The van der Waals surface area contributed by atoms with Crippen LogP contribution in [-0.4, -0.2) is 11.0 Å². The van der Waals surface area contributed by atoms with Crippen molar-refractivity contribution >= 4 is 17.3 Å². The van der Waals surface area contributed by atoms with Crippen molar-refractivity contribution in [3.05, 3.63) is 54.1 Å². The predicted octanol–water partition coefficient (Wildman–Crippen LogP) is 3.66. The molecule has 16 heavy (non-hydrogen) atoms. The van der Waals surface area contributed by atoms with Crippen molar-refractivity contribution in [3.63, 3.8) is 0 Å². The van der Waals surface area contributed by atoms with E-state index >= 15 is 0 Å². The van der Waals surface area contributed by atoms with Crippen LogP contribution in [0.4, 0.5) is 0 Å². The van der Waals surface area contributed by atoms with Gasteiger partial charge >= 0.3 is 0 Å². The second-order valence-electron chi connectivity index (χ2n) is 3.72. The van der Waals surface area contributed by atoms with Crippen LogP contribution in [0, 0.1) is 11.3 Å². The first-order chi connectivity index (χ1) is 7.82. The molecule has 0 spiro atoms. The van der Waals surface area contributed by atoms with Gasteiger partial charge in [-0.1, -0.05) is 48.6 Å². The van der Waals surface area contributed by atoms with Crippen molar-refractivity contribution in [1.82, 2.24) is 0 Å². The highest BCUT2D eigenvalue weighted by molar-refractivity contribution is 8.00. The molecule has 1 unspecified atom stereocenters. The Hall–Kier alpha value is -1.46. The minimum Gasteiger partial charge on any atom is -0.196 e. The minimum atomic E-state index is -0.421. The van der Waals surface area contributed by atoms with Gasteiger partial charge in [0.1, 0.15) is 4.75 Å². The summed E-state index contributed by atoms with van der Waals surface area (Å²) in [5.41, 5.74) is 2.26. The van der Waals surface area contributed by atoms with Gasteiger partial charge in [0.15, 0.2) is 0 Å². The van der Waals surface area contributed by atoms with Crippen molar-refractivity contribution in [1.29, 1.82) is 5.26 Å².